The topological polar surface area (TPSA) is 48.3 Å². The summed E-state index contributed by atoms with van der Waals surface area (Å²) in [5.41, 5.74) is 4.43. The van der Waals surface area contributed by atoms with Gasteiger partial charge in [0.25, 0.3) is 0 Å². The molecule has 2 heterocycles. The molecule has 170 valence electrons. The molecule has 0 N–H and O–H groups in total. The standard InChI is InChI=1S/C25H21NO3S.C2H6S/c1-5-21(27)18-14-26(19-11-12-30-25(19)23(18)28)20-13-15(2)9-10-22(20)29-24-16(3)7-6-8-17(24)4;1-3-2/h5-14H,1H2,2-4H3;1-2H3. The van der Waals surface area contributed by atoms with Gasteiger partial charge in [0, 0.05) is 6.20 Å². The number of para-hydroxylation sites is 1. The highest BCUT2D eigenvalue weighted by molar-refractivity contribution is 7.97. The van der Waals surface area contributed by atoms with E-state index < -0.39 is 5.78 Å². The first-order chi connectivity index (χ1) is 15.8. The van der Waals surface area contributed by atoms with E-state index in [4.69, 9.17) is 4.74 Å². The number of fused-ring (bicyclic) bond motifs is 1. The average molecular weight is 478 g/mol. The maximum Gasteiger partial charge on any atom is 0.210 e. The zero-order valence-corrected chi connectivity index (χ0v) is 21.1. The number of rotatable bonds is 5. The molecular weight excluding hydrogens is 450 g/mol. The fraction of sp³-hybridized carbons (Fsp3) is 0.185. The quantitative estimate of drug-likeness (QED) is 0.227. The highest BCUT2D eigenvalue weighted by Crippen LogP contribution is 2.35. The zero-order chi connectivity index (χ0) is 24.1. The molecule has 0 radical (unpaired) electrons. The van der Waals surface area contributed by atoms with E-state index in [0.29, 0.717) is 10.4 Å². The largest absolute Gasteiger partial charge is 0.455 e. The molecule has 2 aromatic heterocycles. The molecule has 0 aliphatic heterocycles. The van der Waals surface area contributed by atoms with Gasteiger partial charge in [0.05, 0.1) is 21.5 Å². The number of ketones is 1. The number of nitrogens with zero attached hydrogens (tertiary/aromatic N) is 1. The third-order valence-corrected chi connectivity index (χ3v) is 5.96. The van der Waals surface area contributed by atoms with Crippen molar-refractivity contribution in [2.45, 2.75) is 20.8 Å². The van der Waals surface area contributed by atoms with Crippen molar-refractivity contribution in [3.05, 3.63) is 99.2 Å². The predicted octanol–water partition coefficient (Wildman–Crippen LogP) is 7.12. The first-order valence-electron chi connectivity index (χ1n) is 10.4. The molecule has 0 unspecified atom stereocenters. The zero-order valence-electron chi connectivity index (χ0n) is 19.5. The maximum absolute atomic E-state index is 12.8. The van der Waals surface area contributed by atoms with Crippen LogP contribution >= 0.6 is 23.1 Å². The fourth-order valence-electron chi connectivity index (χ4n) is 3.50. The molecule has 2 aromatic carbocycles. The van der Waals surface area contributed by atoms with Gasteiger partial charge < -0.3 is 9.30 Å². The molecule has 0 saturated heterocycles. The van der Waals surface area contributed by atoms with Gasteiger partial charge in [-0.3, -0.25) is 9.59 Å². The minimum Gasteiger partial charge on any atom is -0.455 e. The third kappa shape index (κ3) is 5.13. The molecule has 33 heavy (non-hydrogen) atoms. The second-order valence-electron chi connectivity index (χ2n) is 7.65. The Morgan fingerprint density at radius 3 is 2.39 bits per heavy atom. The highest BCUT2D eigenvalue weighted by Gasteiger charge is 2.18. The van der Waals surface area contributed by atoms with Crippen molar-refractivity contribution in [3.8, 4) is 17.2 Å². The van der Waals surface area contributed by atoms with Crippen LogP contribution in [0, 0.1) is 20.8 Å². The summed E-state index contributed by atoms with van der Waals surface area (Å²) in [5, 5.41) is 1.85. The van der Waals surface area contributed by atoms with Crippen LogP contribution in [0.15, 0.2) is 71.5 Å². The van der Waals surface area contributed by atoms with E-state index in [-0.39, 0.29) is 11.0 Å². The van der Waals surface area contributed by atoms with Crippen molar-refractivity contribution in [2.75, 3.05) is 12.5 Å². The van der Waals surface area contributed by atoms with Crippen LogP contribution in [-0.2, 0) is 0 Å². The van der Waals surface area contributed by atoms with Crippen LogP contribution in [0.3, 0.4) is 0 Å². The van der Waals surface area contributed by atoms with E-state index >= 15 is 0 Å². The second-order valence-corrected chi connectivity index (χ2v) is 9.38. The monoisotopic (exact) mass is 477 g/mol. The van der Waals surface area contributed by atoms with Gasteiger partial charge in [0.2, 0.25) is 5.43 Å². The summed E-state index contributed by atoms with van der Waals surface area (Å²) in [7, 11) is 0. The Morgan fingerprint density at radius 1 is 1.09 bits per heavy atom. The van der Waals surface area contributed by atoms with Gasteiger partial charge in [0.1, 0.15) is 5.75 Å². The van der Waals surface area contributed by atoms with Gasteiger partial charge in [-0.25, -0.2) is 0 Å². The Balaban J connectivity index is 0.000000968. The van der Waals surface area contributed by atoms with Crippen molar-refractivity contribution in [3.63, 3.8) is 0 Å². The second kappa shape index (κ2) is 10.7. The van der Waals surface area contributed by atoms with E-state index in [0.717, 1.165) is 33.6 Å². The van der Waals surface area contributed by atoms with Crippen molar-refractivity contribution >= 4 is 39.1 Å². The van der Waals surface area contributed by atoms with E-state index in [2.05, 4.69) is 6.58 Å². The number of carbonyl (C=O) groups is 1. The van der Waals surface area contributed by atoms with Crippen molar-refractivity contribution in [1.29, 1.82) is 0 Å². The molecule has 0 bridgehead atoms. The molecule has 0 fully saturated rings. The number of benzene rings is 2. The Bertz CT molecular complexity index is 1360. The number of thiophene rings is 1. The lowest BCUT2D eigenvalue weighted by molar-refractivity contribution is 0.104. The van der Waals surface area contributed by atoms with Gasteiger partial charge >= 0.3 is 0 Å². The summed E-state index contributed by atoms with van der Waals surface area (Å²) < 4.78 is 8.75. The van der Waals surface area contributed by atoms with Crippen LogP contribution in [-0.4, -0.2) is 22.9 Å². The van der Waals surface area contributed by atoms with Crippen molar-refractivity contribution in [1.82, 2.24) is 4.57 Å². The highest BCUT2D eigenvalue weighted by atomic mass is 32.2. The van der Waals surface area contributed by atoms with Gasteiger partial charge in [-0.05, 0) is 79.6 Å². The van der Waals surface area contributed by atoms with E-state index in [1.165, 1.54) is 17.4 Å². The normalized spacial score (nSPS) is 10.5. The van der Waals surface area contributed by atoms with E-state index in [1.807, 2.05) is 85.7 Å². The number of thioether (sulfide) groups is 1. The smallest absolute Gasteiger partial charge is 0.210 e. The minimum absolute atomic E-state index is 0.0967. The summed E-state index contributed by atoms with van der Waals surface area (Å²) in [4.78, 5) is 25.2. The molecule has 0 amide bonds. The number of hydrogen-bond donors (Lipinski definition) is 0. The molecule has 6 heteroatoms. The van der Waals surface area contributed by atoms with Crippen LogP contribution in [0.4, 0.5) is 0 Å². The Labute approximate surface area is 202 Å². The molecular formula is C27H27NO3S2. The van der Waals surface area contributed by atoms with Crippen molar-refractivity contribution in [2.24, 2.45) is 0 Å². The summed E-state index contributed by atoms with van der Waals surface area (Å²) in [5.74, 6) is 1.05. The fourth-order valence-corrected chi connectivity index (χ4v) is 4.34. The van der Waals surface area contributed by atoms with Gasteiger partial charge in [0.15, 0.2) is 11.5 Å². The molecule has 0 aliphatic carbocycles. The first kappa shape index (κ1) is 24.6. The van der Waals surface area contributed by atoms with Crippen LogP contribution in [0.1, 0.15) is 27.0 Å². The SMILES string of the molecule is C=CC(=O)c1cn(-c2cc(C)ccc2Oc2c(C)cccc2C)c2ccsc2c1=O.CSC. The summed E-state index contributed by atoms with van der Waals surface area (Å²) in [6, 6.07) is 13.8. The molecule has 4 rings (SSSR count). The number of ether oxygens (including phenoxy) is 1. The number of pyridine rings is 1. The van der Waals surface area contributed by atoms with Crippen molar-refractivity contribution < 1.29 is 9.53 Å². The number of aryl methyl sites for hydroxylation is 3. The Hall–Kier alpha value is -3.09. The Kier molecular flexibility index (Phi) is 7.95. The third-order valence-electron chi connectivity index (χ3n) is 5.06. The molecule has 0 aliphatic rings. The number of carbonyl (C=O) groups excluding carboxylic acids is 1. The molecule has 4 aromatic rings. The van der Waals surface area contributed by atoms with Crippen LogP contribution in [0.5, 0.6) is 11.5 Å². The summed E-state index contributed by atoms with van der Waals surface area (Å²) in [6.07, 6.45) is 6.85. The maximum atomic E-state index is 12.8. The van der Waals surface area contributed by atoms with Crippen LogP contribution in [0.2, 0.25) is 0 Å². The molecule has 0 atom stereocenters. The van der Waals surface area contributed by atoms with Gasteiger partial charge in [-0.2, -0.15) is 11.8 Å². The lowest BCUT2D eigenvalue weighted by atomic mass is 10.1. The van der Waals surface area contributed by atoms with Gasteiger partial charge in [-0.1, -0.05) is 30.8 Å². The summed E-state index contributed by atoms with van der Waals surface area (Å²) in [6.45, 7) is 9.55. The molecule has 0 spiro atoms. The lowest BCUT2D eigenvalue weighted by Crippen LogP contribution is -2.16. The van der Waals surface area contributed by atoms with E-state index in [9.17, 15) is 9.59 Å². The van der Waals surface area contributed by atoms with Crippen LogP contribution < -0.4 is 10.2 Å². The Morgan fingerprint density at radius 2 is 1.76 bits per heavy atom. The number of allylic oxidation sites excluding steroid dienone is 1. The number of aromatic nitrogens is 1. The molecule has 0 saturated carbocycles. The van der Waals surface area contributed by atoms with Crippen LogP contribution in [0.25, 0.3) is 15.9 Å². The first-order valence-corrected chi connectivity index (χ1v) is 12.9. The minimum atomic E-state index is -0.395. The summed E-state index contributed by atoms with van der Waals surface area (Å²) >= 11 is 3.07. The predicted molar refractivity (Wildman–Crippen MR) is 142 cm³/mol. The molecule has 4 nitrogen and oxygen atoms in total. The lowest BCUT2D eigenvalue weighted by Gasteiger charge is -2.18. The average Bonchev–Trinajstić information content (AvgIpc) is 3.28. The van der Waals surface area contributed by atoms with E-state index in [1.54, 1.807) is 18.0 Å². The number of hydrogen-bond acceptors (Lipinski definition) is 5. The van der Waals surface area contributed by atoms with Gasteiger partial charge in [-0.15, -0.1) is 11.3 Å².